The molecule has 0 aromatic heterocycles. The van der Waals surface area contributed by atoms with E-state index in [2.05, 4.69) is 32.1 Å². The van der Waals surface area contributed by atoms with E-state index in [0.717, 1.165) is 16.9 Å². The molecule has 1 heteroatoms. The van der Waals surface area contributed by atoms with Gasteiger partial charge in [0.25, 0.3) is 0 Å². The molecule has 3 rings (SSSR count). The Bertz CT molecular complexity index is 470. The average molecular weight is 247 g/mol. The molecule has 2 aliphatic rings. The van der Waals surface area contributed by atoms with Gasteiger partial charge in [-0.3, -0.25) is 0 Å². The van der Waals surface area contributed by atoms with Gasteiger partial charge in [-0.2, -0.15) is 0 Å². The lowest BCUT2D eigenvalue weighted by molar-refractivity contribution is 0.290. The summed E-state index contributed by atoms with van der Waals surface area (Å²) in [5.74, 6) is 1.70. The molecule has 0 heterocycles. The molecule has 0 aliphatic heterocycles. The van der Waals surface area contributed by atoms with Crippen LogP contribution in [0.5, 0.6) is 0 Å². The zero-order valence-corrected chi connectivity index (χ0v) is 11.3. The summed E-state index contributed by atoms with van der Waals surface area (Å²) in [7, 11) is 0. The summed E-state index contributed by atoms with van der Waals surface area (Å²) in [6.07, 6.45) is 6.54. The predicted molar refractivity (Wildman–Crippen MR) is 74.0 cm³/mol. The van der Waals surface area contributed by atoms with Gasteiger partial charge in [0.1, 0.15) is 0 Å². The Morgan fingerprint density at radius 2 is 2.00 bits per heavy atom. The van der Waals surface area contributed by atoms with Crippen molar-refractivity contribution in [2.75, 3.05) is 0 Å². The van der Waals surface area contributed by atoms with Gasteiger partial charge in [0.05, 0.1) is 0 Å². The van der Waals surface area contributed by atoms with Crippen LogP contribution in [0.3, 0.4) is 0 Å². The van der Waals surface area contributed by atoms with E-state index in [1.165, 1.54) is 24.8 Å². The van der Waals surface area contributed by atoms with Crippen molar-refractivity contribution in [2.24, 2.45) is 17.3 Å². The Morgan fingerprint density at radius 3 is 2.65 bits per heavy atom. The van der Waals surface area contributed by atoms with Crippen LogP contribution in [-0.4, -0.2) is 0 Å². The second-order valence-corrected chi connectivity index (χ2v) is 6.46. The zero-order valence-electron chi connectivity index (χ0n) is 10.5. The van der Waals surface area contributed by atoms with E-state index < -0.39 is 0 Å². The van der Waals surface area contributed by atoms with Crippen LogP contribution in [0.15, 0.2) is 29.8 Å². The van der Waals surface area contributed by atoms with E-state index in [1.807, 2.05) is 12.1 Å². The normalized spacial score (nSPS) is 32.3. The first-order valence-corrected chi connectivity index (χ1v) is 6.93. The molecule has 2 aliphatic carbocycles. The molecular weight excluding hydrogens is 228 g/mol. The van der Waals surface area contributed by atoms with Crippen molar-refractivity contribution in [2.45, 2.75) is 33.1 Å². The third kappa shape index (κ3) is 1.74. The molecule has 1 aromatic rings. The molecule has 90 valence electrons. The van der Waals surface area contributed by atoms with E-state index in [1.54, 1.807) is 5.57 Å². The number of fused-ring (bicyclic) bond motifs is 2. The molecule has 0 saturated heterocycles. The molecule has 1 aromatic carbocycles. The van der Waals surface area contributed by atoms with E-state index in [9.17, 15) is 0 Å². The molecule has 0 amide bonds. The average Bonchev–Trinajstić information content (AvgIpc) is 2.84. The smallest absolute Gasteiger partial charge is 0.0478 e. The number of hydrogen-bond acceptors (Lipinski definition) is 0. The van der Waals surface area contributed by atoms with Crippen molar-refractivity contribution in [1.29, 1.82) is 0 Å². The highest BCUT2D eigenvalue weighted by Crippen LogP contribution is 2.59. The predicted octanol–water partition coefficient (Wildman–Crippen LogP) is 5.18. The molecule has 0 spiro atoms. The summed E-state index contributed by atoms with van der Waals surface area (Å²) in [6, 6.07) is 8.17. The van der Waals surface area contributed by atoms with Crippen molar-refractivity contribution in [3.8, 4) is 0 Å². The first-order chi connectivity index (χ1) is 8.09. The summed E-state index contributed by atoms with van der Waals surface area (Å²) < 4.78 is 0. The zero-order chi connectivity index (χ0) is 12.0. The maximum absolute atomic E-state index is 6.25. The third-order valence-corrected chi connectivity index (χ3v) is 5.20. The third-order valence-electron chi connectivity index (χ3n) is 4.85. The summed E-state index contributed by atoms with van der Waals surface area (Å²) >= 11 is 6.25. The van der Waals surface area contributed by atoms with E-state index in [4.69, 9.17) is 11.6 Å². The number of rotatable bonds is 1. The molecule has 2 atom stereocenters. The van der Waals surface area contributed by atoms with Crippen LogP contribution >= 0.6 is 11.6 Å². The van der Waals surface area contributed by atoms with Gasteiger partial charge in [0, 0.05) is 5.02 Å². The Labute approximate surface area is 109 Å². The highest BCUT2D eigenvalue weighted by atomic mass is 35.5. The van der Waals surface area contributed by atoms with Gasteiger partial charge in [-0.1, -0.05) is 55.3 Å². The highest BCUT2D eigenvalue weighted by molar-refractivity contribution is 6.32. The van der Waals surface area contributed by atoms with E-state index in [-0.39, 0.29) is 0 Å². The van der Waals surface area contributed by atoms with Crippen LogP contribution in [0.25, 0.3) is 6.08 Å². The highest BCUT2D eigenvalue weighted by Gasteiger charge is 2.48. The summed E-state index contributed by atoms with van der Waals surface area (Å²) in [5, 5.41) is 0.874. The van der Waals surface area contributed by atoms with Gasteiger partial charge in [0.15, 0.2) is 0 Å². The maximum Gasteiger partial charge on any atom is 0.0478 e. The molecule has 2 bridgehead atoms. The van der Waals surface area contributed by atoms with Gasteiger partial charge in [-0.25, -0.2) is 0 Å². The monoisotopic (exact) mass is 246 g/mol. The molecule has 2 saturated carbocycles. The molecular formula is C16H19Cl. The lowest BCUT2D eigenvalue weighted by atomic mass is 9.72. The van der Waals surface area contributed by atoms with Crippen LogP contribution in [0, 0.1) is 17.3 Å². The minimum Gasteiger partial charge on any atom is -0.0837 e. The fourth-order valence-corrected chi connectivity index (χ4v) is 3.94. The van der Waals surface area contributed by atoms with E-state index >= 15 is 0 Å². The van der Waals surface area contributed by atoms with Gasteiger partial charge in [-0.05, 0) is 48.1 Å². The van der Waals surface area contributed by atoms with Crippen molar-refractivity contribution >= 4 is 17.7 Å². The Kier molecular flexibility index (Phi) is 2.59. The minimum atomic E-state index is 0.377. The van der Waals surface area contributed by atoms with Crippen molar-refractivity contribution < 1.29 is 0 Å². The first kappa shape index (κ1) is 11.3. The SMILES string of the molecule is CC1(C)/C(=C/c2ccccc2Cl)[C@H]2CC[C@@H]1C2. The second kappa shape index (κ2) is 3.88. The maximum atomic E-state index is 6.25. The van der Waals surface area contributed by atoms with Crippen molar-refractivity contribution in [3.63, 3.8) is 0 Å². The van der Waals surface area contributed by atoms with Crippen LogP contribution in [0.2, 0.25) is 5.02 Å². The van der Waals surface area contributed by atoms with Gasteiger partial charge in [0.2, 0.25) is 0 Å². The Balaban J connectivity index is 2.02. The fraction of sp³-hybridized carbons (Fsp3) is 0.500. The molecule has 0 radical (unpaired) electrons. The Hall–Kier alpha value is -0.750. The van der Waals surface area contributed by atoms with E-state index in [0.29, 0.717) is 5.41 Å². The second-order valence-electron chi connectivity index (χ2n) is 6.05. The number of allylic oxidation sites excluding steroid dienone is 1. The minimum absolute atomic E-state index is 0.377. The summed E-state index contributed by atoms with van der Waals surface area (Å²) in [4.78, 5) is 0. The Morgan fingerprint density at radius 1 is 1.24 bits per heavy atom. The van der Waals surface area contributed by atoms with Crippen molar-refractivity contribution in [1.82, 2.24) is 0 Å². The quantitative estimate of drug-likeness (QED) is 0.641. The number of halogens is 1. The molecule has 0 unspecified atom stereocenters. The van der Waals surface area contributed by atoms with Crippen LogP contribution in [0.1, 0.15) is 38.7 Å². The lowest BCUT2D eigenvalue weighted by Gasteiger charge is -2.33. The largest absolute Gasteiger partial charge is 0.0837 e. The lowest BCUT2D eigenvalue weighted by Crippen LogP contribution is -2.22. The van der Waals surface area contributed by atoms with Gasteiger partial charge in [-0.15, -0.1) is 0 Å². The number of benzene rings is 1. The van der Waals surface area contributed by atoms with Crippen LogP contribution in [0.4, 0.5) is 0 Å². The van der Waals surface area contributed by atoms with Gasteiger partial charge >= 0.3 is 0 Å². The van der Waals surface area contributed by atoms with Crippen LogP contribution < -0.4 is 0 Å². The van der Waals surface area contributed by atoms with Gasteiger partial charge < -0.3 is 0 Å². The molecule has 17 heavy (non-hydrogen) atoms. The first-order valence-electron chi connectivity index (χ1n) is 6.55. The summed E-state index contributed by atoms with van der Waals surface area (Å²) in [6.45, 7) is 4.80. The fourth-order valence-electron chi connectivity index (χ4n) is 3.74. The topological polar surface area (TPSA) is 0 Å². The molecule has 0 nitrogen and oxygen atoms in total. The molecule has 0 N–H and O–H groups in total. The van der Waals surface area contributed by atoms with Crippen molar-refractivity contribution in [3.05, 3.63) is 40.4 Å². The van der Waals surface area contributed by atoms with Crippen LogP contribution in [-0.2, 0) is 0 Å². The summed E-state index contributed by atoms with van der Waals surface area (Å²) in [5.41, 5.74) is 3.19. The molecule has 2 fully saturated rings. The standard InChI is InChI=1S/C16H19Cl/c1-16(2)13-8-7-11(9-13)14(16)10-12-5-3-4-6-15(12)17/h3-6,10-11,13H,7-9H2,1-2H3/b14-10+/t11-,13+/m0/s1. The number of hydrogen-bond donors (Lipinski definition) is 0.